The lowest BCUT2D eigenvalue weighted by atomic mass is 9.85. The Morgan fingerprint density at radius 3 is 2.49 bits per heavy atom. The summed E-state index contributed by atoms with van der Waals surface area (Å²) in [4.78, 5) is 15.5. The smallest absolute Gasteiger partial charge is 0.416 e. The van der Waals surface area contributed by atoms with Gasteiger partial charge in [-0.2, -0.15) is 17.9 Å². The van der Waals surface area contributed by atoms with Crippen LogP contribution in [0.15, 0.2) is 71.9 Å². The van der Waals surface area contributed by atoms with Crippen molar-refractivity contribution in [1.82, 2.24) is 9.71 Å². The number of aromatic nitrogens is 1. The molecule has 11 heteroatoms. The molecule has 0 radical (unpaired) electrons. The van der Waals surface area contributed by atoms with Crippen molar-refractivity contribution in [1.29, 1.82) is 0 Å². The number of aryl methyl sites for hydroxylation is 1. The number of carbonyl (C=O) groups is 1. The summed E-state index contributed by atoms with van der Waals surface area (Å²) in [6.45, 7) is 1.70. The van der Waals surface area contributed by atoms with E-state index in [2.05, 4.69) is 15.0 Å². The van der Waals surface area contributed by atoms with E-state index in [0.717, 1.165) is 41.0 Å². The Morgan fingerprint density at radius 2 is 1.86 bits per heavy atom. The number of alkyl halides is 3. The summed E-state index contributed by atoms with van der Waals surface area (Å²) >= 11 is 0. The molecule has 0 fully saturated rings. The van der Waals surface area contributed by atoms with Crippen LogP contribution in [-0.4, -0.2) is 32.1 Å². The van der Waals surface area contributed by atoms with Gasteiger partial charge in [0.25, 0.3) is 0 Å². The molecule has 0 aliphatic carbocycles. The van der Waals surface area contributed by atoms with Crippen molar-refractivity contribution in [3.63, 3.8) is 0 Å². The highest BCUT2D eigenvalue weighted by Gasteiger charge is 2.45. The molecule has 7 nitrogen and oxygen atoms in total. The summed E-state index contributed by atoms with van der Waals surface area (Å²) in [5.41, 5.74) is 1.19. The van der Waals surface area contributed by atoms with Crippen LogP contribution in [0.25, 0.3) is 0 Å². The molecular formula is C26H26F3N3O4S. The molecule has 0 saturated carbocycles. The average Bonchev–Trinajstić information content (AvgIpc) is 3.12. The number of rotatable bonds is 8. The average molecular weight is 534 g/mol. The van der Waals surface area contributed by atoms with Crippen molar-refractivity contribution in [3.8, 4) is 0 Å². The van der Waals surface area contributed by atoms with E-state index < -0.39 is 33.3 Å². The lowest BCUT2D eigenvalue weighted by Crippen LogP contribution is -2.53. The highest BCUT2D eigenvalue weighted by atomic mass is 32.2. The lowest BCUT2D eigenvalue weighted by Gasteiger charge is -2.33. The van der Waals surface area contributed by atoms with Gasteiger partial charge in [0.1, 0.15) is 5.66 Å². The first-order chi connectivity index (χ1) is 17.4. The molecule has 196 valence electrons. The second-order valence-corrected chi connectivity index (χ2v) is 10.8. The van der Waals surface area contributed by atoms with Gasteiger partial charge in [-0.25, -0.2) is 8.42 Å². The first kappa shape index (κ1) is 26.6. The summed E-state index contributed by atoms with van der Waals surface area (Å²) in [7, 11) is -2.87. The van der Waals surface area contributed by atoms with E-state index in [4.69, 9.17) is 4.74 Å². The second-order valence-electron chi connectivity index (χ2n) is 9.07. The van der Waals surface area contributed by atoms with E-state index in [1.54, 1.807) is 25.4 Å². The van der Waals surface area contributed by atoms with Crippen LogP contribution < -0.4 is 10.0 Å². The van der Waals surface area contributed by atoms with Gasteiger partial charge in [-0.1, -0.05) is 18.2 Å². The number of anilines is 1. The molecule has 2 aromatic carbocycles. The Morgan fingerprint density at radius 1 is 1.14 bits per heavy atom. The highest BCUT2D eigenvalue weighted by Crippen LogP contribution is 2.44. The minimum Gasteiger partial charge on any atom is -0.469 e. The monoisotopic (exact) mass is 533 g/mol. The number of hydrogen-bond donors (Lipinski definition) is 2. The first-order valence-electron chi connectivity index (χ1n) is 11.5. The van der Waals surface area contributed by atoms with Crippen LogP contribution in [0.3, 0.4) is 0 Å². The van der Waals surface area contributed by atoms with Crippen molar-refractivity contribution in [2.24, 2.45) is 0 Å². The van der Waals surface area contributed by atoms with Gasteiger partial charge < -0.3 is 10.1 Å². The van der Waals surface area contributed by atoms with Crippen molar-refractivity contribution < 1.29 is 31.1 Å². The van der Waals surface area contributed by atoms with Crippen molar-refractivity contribution >= 4 is 21.7 Å². The summed E-state index contributed by atoms with van der Waals surface area (Å²) in [5.74, 6) is -0.728. The summed E-state index contributed by atoms with van der Waals surface area (Å²) in [6, 6.07) is 12.7. The molecule has 0 spiro atoms. The van der Waals surface area contributed by atoms with Crippen LogP contribution in [0.1, 0.15) is 41.5 Å². The zero-order chi connectivity index (χ0) is 26.8. The summed E-state index contributed by atoms with van der Waals surface area (Å²) in [6.07, 6.45) is -0.149. The van der Waals surface area contributed by atoms with Gasteiger partial charge in [-0.15, -0.1) is 0 Å². The van der Waals surface area contributed by atoms with Gasteiger partial charge in [0.05, 0.1) is 17.6 Å². The van der Waals surface area contributed by atoms with Crippen LogP contribution >= 0.6 is 0 Å². The molecule has 1 aliphatic rings. The fourth-order valence-electron chi connectivity index (χ4n) is 4.52. The maximum atomic E-state index is 13.3. The number of nitrogens with one attached hydrogen (secondary N) is 2. The zero-order valence-electron chi connectivity index (χ0n) is 20.2. The van der Waals surface area contributed by atoms with E-state index in [1.165, 1.54) is 7.11 Å². The third kappa shape index (κ3) is 5.94. The molecule has 2 N–H and O–H groups in total. The van der Waals surface area contributed by atoms with Crippen LogP contribution in [0, 0.1) is 0 Å². The number of sulfonamides is 1. The number of halogens is 3. The minimum absolute atomic E-state index is 0.202. The number of benzene rings is 2. The Kier molecular flexibility index (Phi) is 7.29. The molecule has 0 saturated heterocycles. The predicted molar refractivity (Wildman–Crippen MR) is 131 cm³/mol. The summed E-state index contributed by atoms with van der Waals surface area (Å²) in [5, 5.41) is 3.26. The van der Waals surface area contributed by atoms with Crippen LogP contribution in [0.5, 0.6) is 0 Å². The van der Waals surface area contributed by atoms with E-state index in [0.29, 0.717) is 18.5 Å². The van der Waals surface area contributed by atoms with Gasteiger partial charge in [-0.3, -0.25) is 9.78 Å². The number of hydrogen-bond acceptors (Lipinski definition) is 6. The molecule has 1 aliphatic heterocycles. The van der Waals surface area contributed by atoms with Crippen LogP contribution in [-0.2, 0) is 38.6 Å². The van der Waals surface area contributed by atoms with E-state index in [9.17, 15) is 26.4 Å². The molecule has 2 heterocycles. The molecule has 4 rings (SSSR count). The third-order valence-electron chi connectivity index (χ3n) is 6.43. The number of carbonyl (C=O) groups excluding carboxylic acids is 1. The first-order valence-corrected chi connectivity index (χ1v) is 13.0. The van der Waals surface area contributed by atoms with Crippen molar-refractivity contribution in [2.45, 2.75) is 48.8 Å². The normalized spacial score (nSPS) is 19.2. The second kappa shape index (κ2) is 10.1. The number of esters is 1. The van der Waals surface area contributed by atoms with Crippen molar-refractivity contribution in [2.75, 3.05) is 12.4 Å². The van der Waals surface area contributed by atoms with Crippen molar-refractivity contribution in [3.05, 3.63) is 89.2 Å². The fraction of sp³-hybridized carbons (Fsp3) is 0.308. The molecule has 3 aromatic rings. The highest BCUT2D eigenvalue weighted by molar-refractivity contribution is 7.89. The molecule has 0 amide bonds. The maximum Gasteiger partial charge on any atom is 0.416 e. The molecular weight excluding hydrogens is 507 g/mol. The van der Waals surface area contributed by atoms with Gasteiger partial charge >= 0.3 is 12.1 Å². The Labute approximate surface area is 213 Å². The van der Waals surface area contributed by atoms with Crippen LogP contribution in [0.2, 0.25) is 0 Å². The quantitative estimate of drug-likeness (QED) is 0.409. The number of methoxy groups -OCH3 is 1. The molecule has 37 heavy (non-hydrogen) atoms. The van der Waals surface area contributed by atoms with Gasteiger partial charge in [0.15, 0.2) is 0 Å². The molecule has 2 unspecified atom stereocenters. The lowest BCUT2D eigenvalue weighted by molar-refractivity contribution is -0.140. The van der Waals surface area contributed by atoms with Gasteiger partial charge in [0.2, 0.25) is 10.0 Å². The number of nitrogens with zero attached hydrogens (tertiary/aromatic N) is 1. The van der Waals surface area contributed by atoms with Gasteiger partial charge in [-0.05, 0) is 72.9 Å². The van der Waals surface area contributed by atoms with E-state index >= 15 is 0 Å². The SMILES string of the molecule is COC(=O)CCc1ccc2c(c1)C(Cc1cccnc1)C(C)(NS(=O)(=O)c1ccc(C(F)(F)F)cc1)N2. The maximum absolute atomic E-state index is 13.3. The van der Waals surface area contributed by atoms with Crippen LogP contribution in [0.4, 0.5) is 18.9 Å². The zero-order valence-corrected chi connectivity index (χ0v) is 21.0. The Balaban J connectivity index is 1.67. The van der Waals surface area contributed by atoms with E-state index in [1.807, 2.05) is 24.3 Å². The Bertz CT molecular complexity index is 1380. The molecule has 1 aromatic heterocycles. The topological polar surface area (TPSA) is 97.4 Å². The number of pyridine rings is 1. The Hall–Kier alpha value is -3.44. The third-order valence-corrected chi connectivity index (χ3v) is 8.01. The largest absolute Gasteiger partial charge is 0.469 e. The summed E-state index contributed by atoms with van der Waals surface area (Å²) < 4.78 is 72.9. The fourth-order valence-corrected chi connectivity index (χ4v) is 5.89. The number of fused-ring (bicyclic) bond motifs is 1. The van der Waals surface area contributed by atoms with Gasteiger partial charge in [0, 0.05) is 30.4 Å². The number of ether oxygens (including phenoxy) is 1. The van der Waals surface area contributed by atoms with E-state index in [-0.39, 0.29) is 17.3 Å². The minimum atomic E-state index is -4.57. The standard InChI is InChI=1S/C26H26F3N3O4S/c1-25(32-37(34,35)20-9-7-19(8-10-20)26(27,28)29)22(15-18-4-3-13-30-16-18)21-14-17(5-11-23(21)31-25)6-12-24(33)36-2/h3-5,7-11,13-14,16,22,31-32H,6,12,15H2,1-2H3. The molecule has 0 bridgehead atoms. The predicted octanol–water partition coefficient (Wildman–Crippen LogP) is 4.65. The molecule has 2 atom stereocenters.